The number of amides is 2. The Bertz CT molecular complexity index is 865. The van der Waals surface area contributed by atoms with Gasteiger partial charge < -0.3 is 48.2 Å². The average molecular weight is 728 g/mol. The molecule has 24 heteroatoms. The number of nitrogens with zero attached hydrogens (tertiary/aromatic N) is 1. The summed E-state index contributed by atoms with van der Waals surface area (Å²) >= 11 is 0. The fourth-order valence-corrected chi connectivity index (χ4v) is 2.47. The number of carbonyl (C=O) groups excluding carboxylic acids is 2. The van der Waals surface area contributed by atoms with Crippen molar-refractivity contribution < 1.29 is 78.8 Å². The van der Waals surface area contributed by atoms with Gasteiger partial charge >= 0.3 is 48.3 Å². The van der Waals surface area contributed by atoms with Crippen LogP contribution in [-0.4, -0.2) is 109 Å². The summed E-state index contributed by atoms with van der Waals surface area (Å²) in [5, 5.41) is 36.3. The van der Waals surface area contributed by atoms with E-state index in [4.69, 9.17) is 41.3 Å². The quantitative estimate of drug-likeness (QED) is 0.0186. The van der Waals surface area contributed by atoms with Crippen LogP contribution in [0.5, 0.6) is 0 Å². The minimum atomic E-state index is -5.08. The maximum absolute atomic E-state index is 11.7. The van der Waals surface area contributed by atoms with Gasteiger partial charge in [0.1, 0.15) is 6.34 Å². The molecular formula is C24H42F9N7O8. The van der Waals surface area contributed by atoms with Gasteiger partial charge in [0, 0.05) is 19.6 Å². The third-order valence-corrected chi connectivity index (χ3v) is 4.76. The molecule has 0 unspecified atom stereocenters. The first-order valence-corrected chi connectivity index (χ1v) is 13.9. The van der Waals surface area contributed by atoms with Gasteiger partial charge in [-0.3, -0.25) is 9.59 Å². The molecule has 0 atom stereocenters. The standard InChI is InChI=1S/C18H39N7O2.3C2HF3O2/c19-10-9-13-21-11-7-8-15-24-18(27)17(26)23-14-6-4-2-1-3-5-12-22-16-25-20;3*3-2(4,5)1(6)7/h16,21H,1-15,19-20H2,(H,22,25)(H,23,26)(H,24,27);3*(H,6,7). The molecule has 0 bridgehead atoms. The molecule has 0 radical (unpaired) electrons. The Balaban J connectivity index is -0.000000369. The van der Waals surface area contributed by atoms with Gasteiger partial charge in [-0.05, 0) is 51.7 Å². The van der Waals surface area contributed by atoms with Gasteiger partial charge in [0.05, 0.1) is 0 Å². The van der Waals surface area contributed by atoms with Gasteiger partial charge in [0.25, 0.3) is 0 Å². The van der Waals surface area contributed by atoms with Crippen LogP contribution in [0.3, 0.4) is 0 Å². The highest BCUT2D eigenvalue weighted by molar-refractivity contribution is 6.35. The summed E-state index contributed by atoms with van der Waals surface area (Å²) in [7, 11) is 0. The van der Waals surface area contributed by atoms with E-state index in [1.807, 2.05) is 0 Å². The van der Waals surface area contributed by atoms with E-state index in [9.17, 15) is 49.1 Å². The van der Waals surface area contributed by atoms with Crippen molar-refractivity contribution in [2.45, 2.75) is 76.3 Å². The first-order valence-electron chi connectivity index (χ1n) is 13.9. The van der Waals surface area contributed by atoms with Gasteiger partial charge in [0.2, 0.25) is 0 Å². The summed E-state index contributed by atoms with van der Waals surface area (Å²) in [5.41, 5.74) is 5.41. The number of hydrogen-bond acceptors (Lipinski definition) is 9. The van der Waals surface area contributed by atoms with Gasteiger partial charge in [-0.1, -0.05) is 25.7 Å². The van der Waals surface area contributed by atoms with Crippen molar-refractivity contribution in [3.05, 3.63) is 0 Å². The molecule has 0 aromatic carbocycles. The molecule has 0 aromatic rings. The number of rotatable bonds is 18. The minimum Gasteiger partial charge on any atom is -0.475 e. The number of aliphatic carboxylic acids is 3. The van der Waals surface area contributed by atoms with Crippen LogP contribution < -0.4 is 32.8 Å². The number of unbranched alkanes of at least 4 members (excludes halogenated alkanes) is 6. The van der Waals surface area contributed by atoms with Crippen molar-refractivity contribution in [1.29, 1.82) is 0 Å². The second-order valence-corrected chi connectivity index (χ2v) is 8.87. The number of carboxylic acid groups (broad SMARTS) is 3. The van der Waals surface area contributed by atoms with E-state index in [2.05, 4.69) is 26.4 Å². The summed E-state index contributed by atoms with van der Waals surface area (Å²) in [6.45, 7) is 4.48. The first-order chi connectivity index (χ1) is 22.0. The summed E-state index contributed by atoms with van der Waals surface area (Å²) in [6.07, 6.45) is -4.48. The lowest BCUT2D eigenvalue weighted by Gasteiger charge is -2.07. The maximum atomic E-state index is 11.7. The summed E-state index contributed by atoms with van der Waals surface area (Å²) in [6, 6.07) is 0. The molecule has 11 N–H and O–H groups in total. The smallest absolute Gasteiger partial charge is 0.475 e. The monoisotopic (exact) mass is 727 g/mol. The lowest BCUT2D eigenvalue weighted by atomic mass is 10.1. The number of hydrazone groups is 1. The van der Waals surface area contributed by atoms with Crippen LogP contribution in [0.15, 0.2) is 5.10 Å². The van der Waals surface area contributed by atoms with Crippen molar-refractivity contribution in [2.24, 2.45) is 16.7 Å². The molecule has 0 aliphatic heterocycles. The fourth-order valence-electron chi connectivity index (χ4n) is 2.47. The molecule has 0 aliphatic rings. The van der Waals surface area contributed by atoms with Crippen LogP contribution in [0.25, 0.3) is 0 Å². The summed E-state index contributed by atoms with van der Waals surface area (Å²) < 4.78 is 95.2. The molecule has 2 amide bonds. The predicted molar refractivity (Wildman–Crippen MR) is 151 cm³/mol. The number of hydrogen-bond donors (Lipinski definition) is 9. The number of nitrogens with one attached hydrogen (secondary N) is 4. The molecule has 48 heavy (non-hydrogen) atoms. The zero-order valence-corrected chi connectivity index (χ0v) is 25.6. The highest BCUT2D eigenvalue weighted by Gasteiger charge is 2.39. The van der Waals surface area contributed by atoms with Crippen molar-refractivity contribution in [1.82, 2.24) is 21.3 Å². The largest absolute Gasteiger partial charge is 0.490 e. The van der Waals surface area contributed by atoms with Crippen molar-refractivity contribution >= 4 is 36.1 Å². The predicted octanol–water partition coefficient (Wildman–Crippen LogP) is 1.67. The lowest BCUT2D eigenvalue weighted by Crippen LogP contribution is -2.40. The van der Waals surface area contributed by atoms with Gasteiger partial charge in [0.15, 0.2) is 0 Å². The van der Waals surface area contributed by atoms with E-state index in [1.54, 1.807) is 0 Å². The Labute approximate surface area is 269 Å². The van der Waals surface area contributed by atoms with Crippen LogP contribution >= 0.6 is 0 Å². The molecular weight excluding hydrogens is 685 g/mol. The molecule has 0 rings (SSSR count). The molecule has 0 fully saturated rings. The number of carboxylic acids is 3. The highest BCUT2D eigenvalue weighted by Crippen LogP contribution is 2.14. The molecule has 0 spiro atoms. The third-order valence-electron chi connectivity index (χ3n) is 4.76. The highest BCUT2D eigenvalue weighted by atomic mass is 19.4. The number of carbonyl (C=O) groups is 5. The summed E-state index contributed by atoms with van der Waals surface area (Å²) in [5.74, 6) is -4.37. The van der Waals surface area contributed by atoms with E-state index in [0.717, 1.165) is 77.4 Å². The van der Waals surface area contributed by atoms with E-state index in [1.165, 1.54) is 6.34 Å². The van der Waals surface area contributed by atoms with Crippen molar-refractivity contribution in [3.8, 4) is 0 Å². The van der Waals surface area contributed by atoms with E-state index in [0.29, 0.717) is 19.6 Å². The van der Waals surface area contributed by atoms with Gasteiger partial charge in [-0.2, -0.15) is 44.6 Å². The molecule has 0 saturated carbocycles. The van der Waals surface area contributed by atoms with Crippen LogP contribution in [0.2, 0.25) is 0 Å². The molecule has 0 aliphatic carbocycles. The second-order valence-electron chi connectivity index (χ2n) is 8.87. The fraction of sp³-hybridized carbons (Fsp3) is 0.750. The van der Waals surface area contributed by atoms with Crippen LogP contribution in [0.1, 0.15) is 57.8 Å². The zero-order valence-electron chi connectivity index (χ0n) is 25.6. The molecule has 0 aromatic heterocycles. The van der Waals surface area contributed by atoms with Crippen molar-refractivity contribution in [3.63, 3.8) is 0 Å². The Hall–Kier alpha value is -4.09. The van der Waals surface area contributed by atoms with Crippen molar-refractivity contribution in [2.75, 3.05) is 39.3 Å². The topological polar surface area (TPSA) is 259 Å². The van der Waals surface area contributed by atoms with E-state index < -0.39 is 48.3 Å². The molecule has 0 heterocycles. The number of halogens is 9. The maximum Gasteiger partial charge on any atom is 0.490 e. The molecule has 15 nitrogen and oxygen atoms in total. The van der Waals surface area contributed by atoms with Crippen LogP contribution in [-0.2, 0) is 24.0 Å². The van der Waals surface area contributed by atoms with E-state index >= 15 is 0 Å². The van der Waals surface area contributed by atoms with Gasteiger partial charge in [-0.15, -0.1) is 0 Å². The Morgan fingerprint density at radius 3 is 1.17 bits per heavy atom. The third kappa shape index (κ3) is 41.9. The van der Waals surface area contributed by atoms with E-state index in [-0.39, 0.29) is 0 Å². The Kier molecular flexibility index (Phi) is 32.0. The summed E-state index contributed by atoms with van der Waals surface area (Å²) in [4.78, 5) is 50.0. The minimum absolute atomic E-state index is 0.525. The van der Waals surface area contributed by atoms with Gasteiger partial charge in [-0.25, -0.2) is 14.4 Å². The Morgan fingerprint density at radius 1 is 0.542 bits per heavy atom. The molecule has 0 saturated heterocycles. The van der Waals surface area contributed by atoms with Crippen LogP contribution in [0.4, 0.5) is 39.5 Å². The number of nitrogens with two attached hydrogens (primary N) is 2. The number of alkyl halides is 9. The first kappa shape index (κ1) is 50.8. The SMILES string of the molecule is NCCCNCCCCNC(=O)C(=O)NCCCCCCCCNC=NN.O=C(O)C(F)(F)F.O=C(O)C(F)(F)F.O=C(O)C(F)(F)F. The normalized spacial score (nSPS) is 11.0. The zero-order chi connectivity index (χ0) is 38.2. The Morgan fingerprint density at radius 2 is 0.833 bits per heavy atom. The van der Waals surface area contributed by atoms with Crippen LogP contribution in [0, 0.1) is 0 Å². The molecule has 284 valence electrons. The lowest BCUT2D eigenvalue weighted by molar-refractivity contribution is -0.193. The average Bonchev–Trinajstić information content (AvgIpc) is 2.96. The second kappa shape index (κ2) is 30.3.